The molecule has 0 heterocycles. The van der Waals surface area contributed by atoms with Gasteiger partial charge in [-0.25, -0.2) is 4.57 Å². The fourth-order valence-electron chi connectivity index (χ4n) is 1.19. The Labute approximate surface area is 117 Å². The topological polar surface area (TPSA) is 112 Å². The summed E-state index contributed by atoms with van der Waals surface area (Å²) in [6.45, 7) is 0. The Morgan fingerprint density at radius 3 is 2.15 bits per heavy atom. The van der Waals surface area contributed by atoms with E-state index in [2.05, 4.69) is 5.10 Å². The first-order valence-corrected chi connectivity index (χ1v) is 6.96. The number of hydrazone groups is 1. The van der Waals surface area contributed by atoms with Crippen LogP contribution in [0.5, 0.6) is 11.5 Å². The van der Waals surface area contributed by atoms with Gasteiger partial charge in [-0.3, -0.25) is 0 Å². The molecule has 0 aliphatic carbocycles. The number of para-hydroxylation sites is 1. The van der Waals surface area contributed by atoms with Gasteiger partial charge < -0.3 is 29.2 Å². The number of ether oxygens (including phenoxy) is 2. The Kier molecular flexibility index (Phi) is 7.86. The van der Waals surface area contributed by atoms with Crippen LogP contribution in [0.2, 0.25) is 0 Å². The van der Waals surface area contributed by atoms with Crippen LogP contribution in [0.4, 0.5) is 0 Å². The van der Waals surface area contributed by atoms with Crippen molar-refractivity contribution in [3.05, 3.63) is 23.8 Å². The van der Waals surface area contributed by atoms with Crippen LogP contribution in [-0.4, -0.2) is 54.2 Å². The molecule has 9 heteroatoms. The van der Waals surface area contributed by atoms with Gasteiger partial charge in [0.2, 0.25) is 0 Å². The van der Waals surface area contributed by atoms with Crippen LogP contribution in [0.15, 0.2) is 23.3 Å². The normalized spacial score (nSPS) is 10.8. The van der Waals surface area contributed by atoms with Gasteiger partial charge in [-0.15, -0.1) is 0 Å². The minimum Gasteiger partial charge on any atom is -0.493 e. The Balaban J connectivity index is 0.000000621. The van der Waals surface area contributed by atoms with Crippen molar-refractivity contribution >= 4 is 14.0 Å². The van der Waals surface area contributed by atoms with E-state index in [0.717, 1.165) is 5.56 Å². The summed E-state index contributed by atoms with van der Waals surface area (Å²) in [6.07, 6.45) is 1.74. The highest BCUT2D eigenvalue weighted by Crippen LogP contribution is 2.29. The van der Waals surface area contributed by atoms with Crippen LogP contribution in [0, 0.1) is 0 Å². The van der Waals surface area contributed by atoms with E-state index in [1.165, 1.54) is 0 Å². The number of nitrogens with zero attached hydrogens (tertiary/aromatic N) is 2. The number of benzene rings is 1. The molecule has 0 fully saturated rings. The van der Waals surface area contributed by atoms with Gasteiger partial charge in [-0.1, -0.05) is 6.07 Å². The van der Waals surface area contributed by atoms with Gasteiger partial charge in [0.25, 0.3) is 0 Å². The maximum absolute atomic E-state index is 8.88. The molecule has 20 heavy (non-hydrogen) atoms. The summed E-state index contributed by atoms with van der Waals surface area (Å²) < 4.78 is 19.3. The minimum absolute atomic E-state index is 0.700. The predicted octanol–water partition coefficient (Wildman–Crippen LogP) is 0.671. The van der Waals surface area contributed by atoms with Crippen molar-refractivity contribution in [2.45, 2.75) is 0 Å². The quantitative estimate of drug-likeness (QED) is 0.426. The van der Waals surface area contributed by atoms with Crippen LogP contribution in [-0.2, 0) is 4.57 Å². The summed E-state index contributed by atoms with van der Waals surface area (Å²) in [7, 11) is 2.32. The molecular formula is C11H19N2O6P. The molecule has 3 N–H and O–H groups in total. The second kappa shape index (κ2) is 8.55. The van der Waals surface area contributed by atoms with Gasteiger partial charge in [0, 0.05) is 19.7 Å². The van der Waals surface area contributed by atoms with Crippen LogP contribution < -0.4 is 9.47 Å². The molecule has 1 rings (SSSR count). The summed E-state index contributed by atoms with van der Waals surface area (Å²) in [4.78, 5) is 21.6. The first-order chi connectivity index (χ1) is 9.19. The van der Waals surface area contributed by atoms with E-state index in [9.17, 15) is 0 Å². The number of rotatable bonds is 4. The molecular weight excluding hydrogens is 287 g/mol. The van der Waals surface area contributed by atoms with E-state index in [0.29, 0.717) is 11.5 Å². The number of hydrogen-bond donors (Lipinski definition) is 3. The van der Waals surface area contributed by atoms with E-state index in [4.69, 9.17) is 28.7 Å². The molecule has 1 aromatic carbocycles. The molecule has 0 spiro atoms. The SMILES string of the molecule is COc1cccc(/C=N/N(C)C)c1OC.O=P(O)(O)O. The van der Waals surface area contributed by atoms with Gasteiger partial charge in [0.05, 0.1) is 20.4 Å². The van der Waals surface area contributed by atoms with Gasteiger partial charge >= 0.3 is 7.82 Å². The van der Waals surface area contributed by atoms with Crippen molar-refractivity contribution in [2.75, 3.05) is 28.3 Å². The van der Waals surface area contributed by atoms with Crippen LogP contribution >= 0.6 is 7.82 Å². The standard InChI is InChI=1S/C11H16N2O2.H3O4P/c1-13(2)12-8-9-6-5-7-10(14-3)11(9)15-4;1-5(2,3)4/h5-8H,1-4H3;(H3,1,2,3,4)/b12-8+;. The maximum atomic E-state index is 8.88. The van der Waals surface area contributed by atoms with Crippen LogP contribution in [0.25, 0.3) is 0 Å². The highest BCUT2D eigenvalue weighted by atomic mass is 31.2. The molecule has 114 valence electrons. The van der Waals surface area contributed by atoms with Gasteiger partial charge in [-0.2, -0.15) is 5.10 Å². The second-order valence-electron chi connectivity index (χ2n) is 3.69. The molecule has 0 atom stereocenters. The summed E-state index contributed by atoms with van der Waals surface area (Å²) in [5, 5.41) is 5.87. The predicted molar refractivity (Wildman–Crippen MR) is 75.1 cm³/mol. The molecule has 8 nitrogen and oxygen atoms in total. The number of hydrogen-bond acceptors (Lipinski definition) is 5. The lowest BCUT2D eigenvalue weighted by molar-refractivity contribution is 0.275. The lowest BCUT2D eigenvalue weighted by Gasteiger charge is -2.10. The Morgan fingerprint density at radius 2 is 1.75 bits per heavy atom. The number of phosphoric acid groups is 1. The molecule has 0 aromatic heterocycles. The lowest BCUT2D eigenvalue weighted by atomic mass is 10.2. The third-order valence-electron chi connectivity index (χ3n) is 1.86. The molecule has 1 aromatic rings. The Morgan fingerprint density at radius 1 is 1.20 bits per heavy atom. The summed E-state index contributed by atoms with van der Waals surface area (Å²) in [5.41, 5.74) is 0.894. The average molecular weight is 306 g/mol. The third kappa shape index (κ3) is 8.49. The molecule has 0 aliphatic rings. The Bertz CT molecular complexity index is 478. The van der Waals surface area contributed by atoms with Crippen molar-refractivity contribution in [3.63, 3.8) is 0 Å². The first kappa shape index (κ1) is 18.4. The largest absolute Gasteiger partial charge is 0.493 e. The highest BCUT2D eigenvalue weighted by molar-refractivity contribution is 7.45. The second-order valence-corrected chi connectivity index (χ2v) is 4.71. The fraction of sp³-hybridized carbons (Fsp3) is 0.364. The number of methoxy groups -OCH3 is 2. The van der Waals surface area contributed by atoms with Gasteiger partial charge in [-0.05, 0) is 12.1 Å². The smallest absolute Gasteiger partial charge is 0.466 e. The summed E-state index contributed by atoms with van der Waals surface area (Å²) >= 11 is 0. The summed E-state index contributed by atoms with van der Waals surface area (Å²) in [6, 6.07) is 5.68. The zero-order valence-corrected chi connectivity index (χ0v) is 12.6. The van der Waals surface area contributed by atoms with Crippen molar-refractivity contribution < 1.29 is 28.7 Å². The zero-order chi connectivity index (χ0) is 15.8. The fourth-order valence-corrected chi connectivity index (χ4v) is 1.19. The van der Waals surface area contributed by atoms with E-state index < -0.39 is 7.82 Å². The monoisotopic (exact) mass is 306 g/mol. The van der Waals surface area contributed by atoms with E-state index >= 15 is 0 Å². The van der Waals surface area contributed by atoms with Crippen LogP contribution in [0.1, 0.15) is 5.56 Å². The van der Waals surface area contributed by atoms with Crippen molar-refractivity contribution in [1.29, 1.82) is 0 Å². The molecule has 0 amide bonds. The molecule has 0 radical (unpaired) electrons. The molecule has 0 saturated carbocycles. The van der Waals surface area contributed by atoms with Gasteiger partial charge in [0.1, 0.15) is 0 Å². The molecule has 0 bridgehead atoms. The molecule has 0 saturated heterocycles. The Hall–Kier alpha value is -1.60. The molecule has 0 aliphatic heterocycles. The lowest BCUT2D eigenvalue weighted by Crippen LogP contribution is -2.03. The van der Waals surface area contributed by atoms with E-state index in [1.54, 1.807) is 25.4 Å². The van der Waals surface area contributed by atoms with E-state index in [1.807, 2.05) is 32.3 Å². The summed E-state index contributed by atoms with van der Waals surface area (Å²) in [5.74, 6) is 1.41. The van der Waals surface area contributed by atoms with E-state index in [-0.39, 0.29) is 0 Å². The maximum Gasteiger partial charge on any atom is 0.466 e. The highest BCUT2D eigenvalue weighted by Gasteiger charge is 2.06. The zero-order valence-electron chi connectivity index (χ0n) is 11.7. The first-order valence-electron chi connectivity index (χ1n) is 5.39. The van der Waals surface area contributed by atoms with Crippen molar-refractivity contribution in [1.82, 2.24) is 5.01 Å². The van der Waals surface area contributed by atoms with Crippen molar-refractivity contribution in [2.24, 2.45) is 5.10 Å². The van der Waals surface area contributed by atoms with Crippen LogP contribution in [0.3, 0.4) is 0 Å². The molecule has 0 unspecified atom stereocenters. The van der Waals surface area contributed by atoms with Crippen molar-refractivity contribution in [3.8, 4) is 11.5 Å². The third-order valence-corrected chi connectivity index (χ3v) is 1.86. The average Bonchev–Trinajstić information content (AvgIpc) is 2.33. The van der Waals surface area contributed by atoms with Gasteiger partial charge in [0.15, 0.2) is 11.5 Å². The minimum atomic E-state index is -4.64.